The number of benzene rings is 1. The molecular weight excluding hydrogens is 268 g/mol. The van der Waals surface area contributed by atoms with Crippen LogP contribution in [0.1, 0.15) is 19.3 Å². The summed E-state index contributed by atoms with van der Waals surface area (Å²) in [6.07, 6.45) is 2.20. The fourth-order valence-electron chi connectivity index (χ4n) is 2.12. The van der Waals surface area contributed by atoms with Gasteiger partial charge in [0.05, 0.1) is 29.8 Å². The molecule has 0 heterocycles. The topological polar surface area (TPSA) is 102 Å². The van der Waals surface area contributed by atoms with Gasteiger partial charge in [-0.3, -0.25) is 0 Å². The van der Waals surface area contributed by atoms with Gasteiger partial charge in [0, 0.05) is 0 Å². The largest absolute Gasteiger partial charge is 0.495 e. The van der Waals surface area contributed by atoms with Gasteiger partial charge >= 0.3 is 0 Å². The fourth-order valence-corrected chi connectivity index (χ4v) is 3.61. The van der Waals surface area contributed by atoms with Gasteiger partial charge in [-0.2, -0.15) is 0 Å². The van der Waals surface area contributed by atoms with Crippen molar-refractivity contribution in [2.24, 2.45) is 0 Å². The van der Waals surface area contributed by atoms with E-state index in [0.717, 1.165) is 6.42 Å². The van der Waals surface area contributed by atoms with Crippen LogP contribution in [0.5, 0.6) is 5.75 Å². The monoisotopic (exact) mass is 286 g/mol. The molecule has 0 radical (unpaired) electrons. The first kappa shape index (κ1) is 14.1. The van der Waals surface area contributed by atoms with Gasteiger partial charge in [0.2, 0.25) is 10.0 Å². The van der Waals surface area contributed by atoms with Crippen LogP contribution in [0.15, 0.2) is 23.1 Å². The van der Waals surface area contributed by atoms with Crippen LogP contribution in [-0.4, -0.2) is 32.8 Å². The standard InChI is InChI=1S/C12H18N2O4S/c1-18-11-4-3-9(7-10(11)13)19(16,17)14-12(8-15)5-2-6-12/h3-4,7,14-15H,2,5-6,8,13H2,1H3. The Morgan fingerprint density at radius 1 is 1.47 bits per heavy atom. The highest BCUT2D eigenvalue weighted by Gasteiger charge is 2.40. The lowest BCUT2D eigenvalue weighted by molar-refractivity contribution is 0.110. The molecule has 6 nitrogen and oxygen atoms in total. The fraction of sp³-hybridized carbons (Fsp3) is 0.500. The Labute approximate surface area is 112 Å². The zero-order chi connectivity index (χ0) is 14.1. The van der Waals surface area contributed by atoms with E-state index in [9.17, 15) is 13.5 Å². The van der Waals surface area contributed by atoms with Crippen LogP contribution in [0.2, 0.25) is 0 Å². The van der Waals surface area contributed by atoms with E-state index in [2.05, 4.69) is 4.72 Å². The number of aliphatic hydroxyl groups excluding tert-OH is 1. The van der Waals surface area contributed by atoms with E-state index in [1.165, 1.54) is 25.3 Å². The van der Waals surface area contributed by atoms with Crippen LogP contribution in [-0.2, 0) is 10.0 Å². The SMILES string of the molecule is COc1ccc(S(=O)(=O)NC2(CO)CCC2)cc1N. The number of ether oxygens (including phenoxy) is 1. The Morgan fingerprint density at radius 3 is 2.58 bits per heavy atom. The minimum absolute atomic E-state index is 0.0746. The summed E-state index contributed by atoms with van der Waals surface area (Å²) in [5.41, 5.74) is 5.25. The van der Waals surface area contributed by atoms with Crippen LogP contribution < -0.4 is 15.2 Å². The second-order valence-corrected chi connectivity index (χ2v) is 6.48. The number of methoxy groups -OCH3 is 1. The van der Waals surface area contributed by atoms with E-state index >= 15 is 0 Å². The predicted octanol–water partition coefficient (Wildman–Crippen LogP) is 0.471. The summed E-state index contributed by atoms with van der Waals surface area (Å²) in [7, 11) is -2.22. The molecule has 1 aromatic rings. The van der Waals surface area contributed by atoms with Crippen molar-refractivity contribution in [1.82, 2.24) is 4.72 Å². The molecule has 0 atom stereocenters. The zero-order valence-electron chi connectivity index (χ0n) is 10.7. The number of rotatable bonds is 5. The predicted molar refractivity (Wildman–Crippen MR) is 71.4 cm³/mol. The van der Waals surface area contributed by atoms with Gasteiger partial charge in [-0.15, -0.1) is 0 Å². The second-order valence-electron chi connectivity index (χ2n) is 4.80. The highest BCUT2D eigenvalue weighted by Crippen LogP contribution is 2.33. The molecule has 1 aliphatic carbocycles. The zero-order valence-corrected chi connectivity index (χ0v) is 11.5. The van der Waals surface area contributed by atoms with Crippen molar-refractivity contribution < 1.29 is 18.3 Å². The molecule has 1 aromatic carbocycles. The van der Waals surface area contributed by atoms with E-state index in [1.807, 2.05) is 0 Å². The summed E-state index contributed by atoms with van der Waals surface area (Å²) in [5, 5.41) is 9.31. The third-order valence-electron chi connectivity index (χ3n) is 3.48. The van der Waals surface area contributed by atoms with Gasteiger partial charge in [0.25, 0.3) is 0 Å². The van der Waals surface area contributed by atoms with Crippen molar-refractivity contribution in [1.29, 1.82) is 0 Å². The molecule has 106 valence electrons. The van der Waals surface area contributed by atoms with Crippen molar-refractivity contribution in [2.45, 2.75) is 29.7 Å². The normalized spacial score (nSPS) is 17.8. The van der Waals surface area contributed by atoms with Crippen LogP contribution in [0, 0.1) is 0 Å². The molecule has 0 bridgehead atoms. The second kappa shape index (κ2) is 4.99. The summed E-state index contributed by atoms with van der Waals surface area (Å²) in [6, 6.07) is 4.29. The number of sulfonamides is 1. The number of anilines is 1. The van der Waals surface area contributed by atoms with Crippen LogP contribution >= 0.6 is 0 Å². The molecule has 0 aromatic heterocycles. The molecule has 7 heteroatoms. The van der Waals surface area contributed by atoms with Gasteiger partial charge in [-0.25, -0.2) is 13.1 Å². The Hall–Kier alpha value is -1.31. The Balaban J connectivity index is 2.27. The molecule has 0 aliphatic heterocycles. The highest BCUT2D eigenvalue weighted by molar-refractivity contribution is 7.89. The third-order valence-corrected chi connectivity index (χ3v) is 5.05. The summed E-state index contributed by atoms with van der Waals surface area (Å²) >= 11 is 0. The number of aliphatic hydroxyl groups is 1. The maximum atomic E-state index is 12.2. The first-order valence-electron chi connectivity index (χ1n) is 6.01. The molecule has 0 spiro atoms. The molecule has 1 aliphatic rings. The van der Waals surface area contributed by atoms with Crippen LogP contribution in [0.3, 0.4) is 0 Å². The van der Waals surface area contributed by atoms with E-state index in [1.54, 1.807) is 0 Å². The summed E-state index contributed by atoms with van der Waals surface area (Å²) in [6.45, 7) is -0.197. The molecule has 19 heavy (non-hydrogen) atoms. The number of nitrogens with two attached hydrogens (primary N) is 1. The van der Waals surface area contributed by atoms with Gasteiger partial charge in [-0.05, 0) is 37.5 Å². The first-order chi connectivity index (χ1) is 8.92. The first-order valence-corrected chi connectivity index (χ1v) is 7.49. The van der Waals surface area contributed by atoms with Gasteiger partial charge in [0.1, 0.15) is 5.75 Å². The minimum Gasteiger partial charge on any atom is -0.495 e. The smallest absolute Gasteiger partial charge is 0.241 e. The van der Waals surface area contributed by atoms with E-state index in [4.69, 9.17) is 10.5 Å². The van der Waals surface area contributed by atoms with E-state index in [-0.39, 0.29) is 17.2 Å². The van der Waals surface area contributed by atoms with Crippen molar-refractivity contribution in [3.8, 4) is 5.75 Å². The number of hydrogen-bond donors (Lipinski definition) is 3. The molecule has 0 amide bonds. The minimum atomic E-state index is -3.68. The average Bonchev–Trinajstić information content (AvgIpc) is 2.34. The Morgan fingerprint density at radius 2 is 2.16 bits per heavy atom. The molecular formula is C12H18N2O4S. The lowest BCUT2D eigenvalue weighted by atomic mass is 9.78. The average molecular weight is 286 g/mol. The van der Waals surface area contributed by atoms with Gasteiger partial charge in [0.15, 0.2) is 0 Å². The van der Waals surface area contributed by atoms with Crippen molar-refractivity contribution in [3.05, 3.63) is 18.2 Å². The molecule has 1 saturated carbocycles. The summed E-state index contributed by atoms with van der Waals surface area (Å²) < 4.78 is 32.0. The number of hydrogen-bond acceptors (Lipinski definition) is 5. The van der Waals surface area contributed by atoms with Gasteiger partial charge < -0.3 is 15.6 Å². The summed E-state index contributed by atoms with van der Waals surface area (Å²) in [4.78, 5) is 0.0746. The van der Waals surface area contributed by atoms with E-state index in [0.29, 0.717) is 18.6 Å². The van der Waals surface area contributed by atoms with E-state index < -0.39 is 15.6 Å². The molecule has 2 rings (SSSR count). The maximum absolute atomic E-state index is 12.2. The Bertz CT molecular complexity index is 562. The third kappa shape index (κ3) is 2.68. The van der Waals surface area contributed by atoms with Crippen molar-refractivity contribution >= 4 is 15.7 Å². The lowest BCUT2D eigenvalue weighted by Crippen LogP contribution is -2.55. The van der Waals surface area contributed by atoms with Gasteiger partial charge in [-0.1, -0.05) is 0 Å². The van der Waals surface area contributed by atoms with Crippen LogP contribution in [0.4, 0.5) is 5.69 Å². The maximum Gasteiger partial charge on any atom is 0.241 e. The van der Waals surface area contributed by atoms with Crippen molar-refractivity contribution in [2.75, 3.05) is 19.5 Å². The molecule has 0 unspecified atom stereocenters. The summed E-state index contributed by atoms with van der Waals surface area (Å²) in [5.74, 6) is 0.430. The quantitative estimate of drug-likeness (QED) is 0.683. The molecule has 1 fully saturated rings. The Kier molecular flexibility index (Phi) is 3.71. The number of nitrogen functional groups attached to an aromatic ring is 1. The van der Waals surface area contributed by atoms with Crippen molar-refractivity contribution in [3.63, 3.8) is 0 Å². The lowest BCUT2D eigenvalue weighted by Gasteiger charge is -2.40. The molecule has 4 N–H and O–H groups in total. The number of nitrogens with one attached hydrogen (secondary N) is 1. The highest BCUT2D eigenvalue weighted by atomic mass is 32.2. The van der Waals surface area contributed by atoms with Crippen LogP contribution in [0.25, 0.3) is 0 Å². The molecule has 0 saturated heterocycles.